The Morgan fingerprint density at radius 3 is 1.29 bits per heavy atom. The Kier molecular flexibility index (Phi) is 5.27. The molecular formula is C34H32Si. The van der Waals surface area contributed by atoms with Crippen LogP contribution in [0.5, 0.6) is 0 Å². The summed E-state index contributed by atoms with van der Waals surface area (Å²) in [6, 6.07) is 36.0. The molecule has 4 aromatic carbocycles. The molecule has 0 bridgehead atoms. The molecule has 0 aliphatic heterocycles. The second-order valence-electron chi connectivity index (χ2n) is 10.6. The SMILES string of the molecule is CC1=C(c2ccccc2)Cc2c1cccc2[Si](C)(C)c1cccc2c1CC(c1ccccc1)=C2C. The van der Waals surface area contributed by atoms with Crippen LogP contribution < -0.4 is 10.4 Å². The molecule has 2 aliphatic rings. The van der Waals surface area contributed by atoms with Gasteiger partial charge in [-0.15, -0.1) is 0 Å². The van der Waals surface area contributed by atoms with Crippen LogP contribution in [0.15, 0.2) is 97.1 Å². The average molecular weight is 469 g/mol. The minimum Gasteiger partial charge on any atom is -0.0623 e. The maximum Gasteiger partial charge on any atom is 0.113 e. The van der Waals surface area contributed by atoms with Gasteiger partial charge in [-0.05, 0) is 82.4 Å². The number of hydrogen-bond donors (Lipinski definition) is 0. The van der Waals surface area contributed by atoms with Gasteiger partial charge in [0, 0.05) is 0 Å². The van der Waals surface area contributed by atoms with Gasteiger partial charge in [-0.1, -0.05) is 121 Å². The normalized spacial score (nSPS) is 15.0. The second-order valence-corrected chi connectivity index (χ2v) is 14.9. The predicted octanol–water partition coefficient (Wildman–Crippen LogP) is 7.48. The lowest BCUT2D eigenvalue weighted by atomic mass is 10.0. The van der Waals surface area contributed by atoms with Gasteiger partial charge in [-0.25, -0.2) is 0 Å². The molecule has 0 spiro atoms. The third-order valence-electron chi connectivity index (χ3n) is 8.36. The summed E-state index contributed by atoms with van der Waals surface area (Å²) in [5.41, 5.74) is 14.6. The first-order chi connectivity index (χ1) is 17.0. The van der Waals surface area contributed by atoms with E-state index in [9.17, 15) is 0 Å². The number of benzene rings is 4. The van der Waals surface area contributed by atoms with Crippen LogP contribution >= 0.6 is 0 Å². The summed E-state index contributed by atoms with van der Waals surface area (Å²) in [7, 11) is -1.94. The largest absolute Gasteiger partial charge is 0.113 e. The summed E-state index contributed by atoms with van der Waals surface area (Å²) in [4.78, 5) is 0. The van der Waals surface area contributed by atoms with E-state index < -0.39 is 8.07 Å². The molecule has 35 heavy (non-hydrogen) atoms. The molecule has 2 aliphatic carbocycles. The third-order valence-corrected chi connectivity index (χ3v) is 12.0. The van der Waals surface area contributed by atoms with Crippen LogP contribution in [0.3, 0.4) is 0 Å². The molecule has 172 valence electrons. The molecule has 0 aromatic heterocycles. The topological polar surface area (TPSA) is 0 Å². The highest BCUT2D eigenvalue weighted by Gasteiger charge is 2.36. The quantitative estimate of drug-likeness (QED) is 0.272. The molecule has 0 radical (unpaired) electrons. The highest BCUT2D eigenvalue weighted by molar-refractivity contribution is 7.01. The smallest absolute Gasteiger partial charge is 0.0623 e. The zero-order valence-corrected chi connectivity index (χ0v) is 22.2. The van der Waals surface area contributed by atoms with Crippen molar-refractivity contribution in [1.29, 1.82) is 0 Å². The van der Waals surface area contributed by atoms with Crippen molar-refractivity contribution < 1.29 is 0 Å². The van der Waals surface area contributed by atoms with E-state index in [1.165, 1.54) is 44.5 Å². The minimum absolute atomic E-state index is 1.04. The van der Waals surface area contributed by atoms with Gasteiger partial charge in [0.1, 0.15) is 8.07 Å². The highest BCUT2D eigenvalue weighted by atomic mass is 28.3. The lowest BCUT2D eigenvalue weighted by Gasteiger charge is -2.29. The van der Waals surface area contributed by atoms with Crippen molar-refractivity contribution >= 4 is 40.7 Å². The Labute approximate surface area is 210 Å². The van der Waals surface area contributed by atoms with Crippen molar-refractivity contribution in [3.63, 3.8) is 0 Å². The molecule has 0 fully saturated rings. The summed E-state index contributed by atoms with van der Waals surface area (Å²) >= 11 is 0. The van der Waals surface area contributed by atoms with Gasteiger partial charge in [0.05, 0.1) is 0 Å². The molecule has 0 saturated carbocycles. The molecule has 4 aromatic rings. The lowest BCUT2D eigenvalue weighted by molar-refractivity contribution is 1.32. The summed E-state index contributed by atoms with van der Waals surface area (Å²) in [5, 5.41) is 3.19. The fraction of sp³-hybridized carbons (Fsp3) is 0.176. The van der Waals surface area contributed by atoms with Crippen molar-refractivity contribution in [2.45, 2.75) is 39.8 Å². The van der Waals surface area contributed by atoms with E-state index in [1.807, 2.05) is 0 Å². The number of hydrogen-bond acceptors (Lipinski definition) is 0. The summed E-state index contributed by atoms with van der Waals surface area (Å²) in [5.74, 6) is 0. The fourth-order valence-electron chi connectivity index (χ4n) is 6.43. The van der Waals surface area contributed by atoms with Crippen LogP contribution in [0.25, 0.3) is 22.3 Å². The molecule has 0 atom stereocenters. The van der Waals surface area contributed by atoms with E-state index in [1.54, 1.807) is 21.5 Å². The molecule has 0 heterocycles. The van der Waals surface area contributed by atoms with Crippen molar-refractivity contribution in [2.75, 3.05) is 0 Å². The standard InChI is InChI=1S/C34H32Si/c1-23-27-17-11-19-33(31(27)21-29(23)25-13-7-5-8-14-25)35(3,4)34-20-12-18-28-24(2)30(22-32(28)34)26-15-9-6-10-16-26/h5-20H,21-22H2,1-4H3. The Bertz CT molecular complexity index is 1390. The molecular weight excluding hydrogens is 436 g/mol. The monoisotopic (exact) mass is 468 g/mol. The zero-order chi connectivity index (χ0) is 24.2. The van der Waals surface area contributed by atoms with E-state index in [0.717, 1.165) is 12.8 Å². The first-order valence-electron chi connectivity index (χ1n) is 12.7. The third kappa shape index (κ3) is 3.49. The van der Waals surface area contributed by atoms with Crippen LogP contribution in [-0.4, -0.2) is 8.07 Å². The minimum atomic E-state index is -1.94. The molecule has 0 amide bonds. The first kappa shape index (κ1) is 22.1. The zero-order valence-electron chi connectivity index (χ0n) is 21.2. The molecule has 0 saturated heterocycles. The summed E-state index contributed by atoms with van der Waals surface area (Å²) < 4.78 is 0. The van der Waals surface area contributed by atoms with Crippen molar-refractivity contribution in [3.05, 3.63) is 130 Å². The molecule has 0 N–H and O–H groups in total. The summed E-state index contributed by atoms with van der Waals surface area (Å²) in [6.07, 6.45) is 2.08. The maximum absolute atomic E-state index is 2.56. The highest BCUT2D eigenvalue weighted by Crippen LogP contribution is 2.40. The van der Waals surface area contributed by atoms with Gasteiger partial charge >= 0.3 is 0 Å². The number of allylic oxidation sites excluding steroid dienone is 4. The molecule has 0 nitrogen and oxygen atoms in total. The van der Waals surface area contributed by atoms with Crippen LogP contribution in [-0.2, 0) is 12.8 Å². The van der Waals surface area contributed by atoms with Gasteiger partial charge < -0.3 is 0 Å². The van der Waals surface area contributed by atoms with Crippen molar-refractivity contribution in [2.24, 2.45) is 0 Å². The number of rotatable bonds is 4. The van der Waals surface area contributed by atoms with Gasteiger partial charge in [-0.3, -0.25) is 0 Å². The van der Waals surface area contributed by atoms with Gasteiger partial charge in [0.25, 0.3) is 0 Å². The van der Waals surface area contributed by atoms with Gasteiger partial charge in [0.2, 0.25) is 0 Å². The number of fused-ring (bicyclic) bond motifs is 2. The van der Waals surface area contributed by atoms with Crippen LogP contribution in [0.2, 0.25) is 13.1 Å². The Hall–Kier alpha value is -3.42. The van der Waals surface area contributed by atoms with Gasteiger partial charge in [-0.2, -0.15) is 0 Å². The Morgan fingerprint density at radius 1 is 0.486 bits per heavy atom. The molecule has 0 unspecified atom stereocenters. The van der Waals surface area contributed by atoms with Crippen molar-refractivity contribution in [1.82, 2.24) is 0 Å². The van der Waals surface area contributed by atoms with Crippen LogP contribution in [0.4, 0.5) is 0 Å². The van der Waals surface area contributed by atoms with E-state index in [-0.39, 0.29) is 0 Å². The average Bonchev–Trinajstić information content (AvgIpc) is 3.42. The van der Waals surface area contributed by atoms with Crippen molar-refractivity contribution in [3.8, 4) is 0 Å². The predicted molar refractivity (Wildman–Crippen MR) is 155 cm³/mol. The Balaban J connectivity index is 1.42. The van der Waals surface area contributed by atoms with E-state index in [0.29, 0.717) is 0 Å². The van der Waals surface area contributed by atoms with E-state index >= 15 is 0 Å². The second kappa shape index (κ2) is 8.36. The van der Waals surface area contributed by atoms with E-state index in [4.69, 9.17) is 0 Å². The van der Waals surface area contributed by atoms with Crippen LogP contribution in [0, 0.1) is 0 Å². The van der Waals surface area contributed by atoms with Crippen LogP contribution in [0.1, 0.15) is 47.2 Å². The fourth-order valence-corrected chi connectivity index (χ4v) is 9.70. The molecule has 1 heteroatoms. The van der Waals surface area contributed by atoms with Gasteiger partial charge in [0.15, 0.2) is 0 Å². The lowest BCUT2D eigenvalue weighted by Crippen LogP contribution is -2.55. The molecule has 6 rings (SSSR count). The summed E-state index contributed by atoms with van der Waals surface area (Å²) in [6.45, 7) is 9.74. The van der Waals surface area contributed by atoms with E-state index in [2.05, 4.69) is 124 Å². The first-order valence-corrected chi connectivity index (χ1v) is 15.7. The Morgan fingerprint density at radius 2 is 0.886 bits per heavy atom. The maximum atomic E-state index is 2.56.